The second-order valence-corrected chi connectivity index (χ2v) is 5.87. The lowest BCUT2D eigenvalue weighted by Gasteiger charge is -2.19. The van der Waals surface area contributed by atoms with Crippen LogP contribution >= 0.6 is 0 Å². The number of amides is 1. The molecule has 1 heterocycles. The van der Waals surface area contributed by atoms with Crippen LogP contribution in [0.25, 0.3) is 0 Å². The summed E-state index contributed by atoms with van der Waals surface area (Å²) in [5.41, 5.74) is -0.606. The summed E-state index contributed by atoms with van der Waals surface area (Å²) < 4.78 is 43.2. The van der Waals surface area contributed by atoms with Gasteiger partial charge in [0.05, 0.1) is 12.2 Å². The fourth-order valence-corrected chi connectivity index (χ4v) is 2.55. The van der Waals surface area contributed by atoms with Gasteiger partial charge in [-0.3, -0.25) is 4.79 Å². The molecular formula is C16H21F3N2O2. The lowest BCUT2D eigenvalue weighted by molar-refractivity contribution is -0.137. The Morgan fingerprint density at radius 3 is 2.87 bits per heavy atom. The van der Waals surface area contributed by atoms with E-state index in [9.17, 15) is 18.0 Å². The van der Waals surface area contributed by atoms with Crippen LogP contribution in [0.3, 0.4) is 0 Å². The maximum Gasteiger partial charge on any atom is 0.416 e. The highest BCUT2D eigenvalue weighted by Gasteiger charge is 2.30. The van der Waals surface area contributed by atoms with E-state index >= 15 is 0 Å². The molecule has 1 amide bonds. The van der Waals surface area contributed by atoms with E-state index in [4.69, 9.17) is 4.74 Å². The molecule has 1 aromatic rings. The number of alkyl halides is 3. The van der Waals surface area contributed by atoms with Crippen LogP contribution in [0.2, 0.25) is 0 Å². The average molecular weight is 330 g/mol. The van der Waals surface area contributed by atoms with Gasteiger partial charge in [-0.2, -0.15) is 13.2 Å². The number of carbonyl (C=O) groups is 1. The predicted molar refractivity (Wildman–Crippen MR) is 81.1 cm³/mol. The molecule has 1 atom stereocenters. The van der Waals surface area contributed by atoms with Crippen molar-refractivity contribution in [2.45, 2.75) is 19.0 Å². The zero-order chi connectivity index (χ0) is 16.9. The van der Waals surface area contributed by atoms with Gasteiger partial charge in [0, 0.05) is 31.8 Å². The molecule has 1 aliphatic rings. The fourth-order valence-electron chi connectivity index (χ4n) is 2.55. The Balaban J connectivity index is 1.78. The van der Waals surface area contributed by atoms with Crippen molar-refractivity contribution < 1.29 is 22.7 Å². The zero-order valence-corrected chi connectivity index (χ0v) is 13.0. The van der Waals surface area contributed by atoms with Crippen molar-refractivity contribution in [3.8, 4) is 0 Å². The largest absolute Gasteiger partial charge is 0.416 e. The molecule has 23 heavy (non-hydrogen) atoms. The Labute approximate surface area is 133 Å². The van der Waals surface area contributed by atoms with Crippen LogP contribution in [0.15, 0.2) is 24.3 Å². The number of ether oxygens (including phenoxy) is 1. The van der Waals surface area contributed by atoms with Crippen molar-refractivity contribution in [1.29, 1.82) is 0 Å². The standard InChI is InChI=1S/C16H21F3N2O2/c1-21(10-12-6-8-23-11-12)7-5-15(22)20-14-4-2-3-13(9-14)16(17,18)19/h2-4,9,12H,5-8,10-11H2,1H3,(H,20,22)/t12-/m1/s1. The number of anilines is 1. The van der Waals surface area contributed by atoms with E-state index in [0.717, 1.165) is 38.3 Å². The van der Waals surface area contributed by atoms with Gasteiger partial charge in [-0.15, -0.1) is 0 Å². The maximum atomic E-state index is 12.6. The number of benzene rings is 1. The molecule has 7 heteroatoms. The Bertz CT molecular complexity index is 528. The van der Waals surface area contributed by atoms with Crippen LogP contribution in [-0.2, 0) is 15.7 Å². The first-order valence-electron chi connectivity index (χ1n) is 7.58. The lowest BCUT2D eigenvalue weighted by Crippen LogP contribution is -2.29. The number of hydrogen-bond acceptors (Lipinski definition) is 3. The summed E-state index contributed by atoms with van der Waals surface area (Å²) in [5, 5.41) is 2.51. The molecular weight excluding hydrogens is 309 g/mol. The summed E-state index contributed by atoms with van der Waals surface area (Å²) in [5.74, 6) is 0.199. The molecule has 0 bridgehead atoms. The number of hydrogen-bond donors (Lipinski definition) is 1. The quantitative estimate of drug-likeness (QED) is 0.872. The molecule has 128 valence electrons. The van der Waals surface area contributed by atoms with Crippen molar-refractivity contribution in [2.24, 2.45) is 5.92 Å². The third-order valence-corrected chi connectivity index (χ3v) is 3.79. The normalized spacial score (nSPS) is 18.4. The Morgan fingerprint density at radius 2 is 2.22 bits per heavy atom. The SMILES string of the molecule is CN(CCC(=O)Nc1cccc(C(F)(F)F)c1)C[C@H]1CCOC1. The highest BCUT2D eigenvalue weighted by Crippen LogP contribution is 2.30. The highest BCUT2D eigenvalue weighted by molar-refractivity contribution is 5.90. The molecule has 0 aliphatic carbocycles. The van der Waals surface area contributed by atoms with Gasteiger partial charge in [0.2, 0.25) is 5.91 Å². The topological polar surface area (TPSA) is 41.6 Å². The van der Waals surface area contributed by atoms with E-state index in [0.29, 0.717) is 12.5 Å². The van der Waals surface area contributed by atoms with Gasteiger partial charge in [-0.1, -0.05) is 6.07 Å². The van der Waals surface area contributed by atoms with E-state index in [-0.39, 0.29) is 18.0 Å². The third-order valence-electron chi connectivity index (χ3n) is 3.79. The van der Waals surface area contributed by atoms with Gasteiger partial charge in [-0.05, 0) is 37.6 Å². The van der Waals surface area contributed by atoms with Gasteiger partial charge in [0.25, 0.3) is 0 Å². The Morgan fingerprint density at radius 1 is 1.43 bits per heavy atom. The average Bonchev–Trinajstić information content (AvgIpc) is 2.97. The number of carbonyl (C=O) groups excluding carboxylic acids is 1. The molecule has 1 fully saturated rings. The number of rotatable bonds is 6. The highest BCUT2D eigenvalue weighted by atomic mass is 19.4. The van der Waals surface area contributed by atoms with Crippen LogP contribution in [-0.4, -0.2) is 44.2 Å². The van der Waals surface area contributed by atoms with Crippen molar-refractivity contribution in [2.75, 3.05) is 38.7 Å². The van der Waals surface area contributed by atoms with Crippen molar-refractivity contribution >= 4 is 11.6 Å². The van der Waals surface area contributed by atoms with E-state index < -0.39 is 11.7 Å². The Hall–Kier alpha value is -1.60. The smallest absolute Gasteiger partial charge is 0.381 e. The van der Waals surface area contributed by atoms with Crippen molar-refractivity contribution in [3.05, 3.63) is 29.8 Å². The van der Waals surface area contributed by atoms with Crippen LogP contribution in [0, 0.1) is 5.92 Å². The predicted octanol–water partition coefficient (Wildman–Crippen LogP) is 3.00. The number of nitrogens with one attached hydrogen (secondary N) is 1. The van der Waals surface area contributed by atoms with E-state index in [1.165, 1.54) is 12.1 Å². The summed E-state index contributed by atoms with van der Waals surface area (Å²) in [6, 6.07) is 4.65. The first-order chi connectivity index (χ1) is 10.8. The second-order valence-electron chi connectivity index (χ2n) is 5.87. The molecule has 1 aliphatic heterocycles. The molecule has 0 saturated carbocycles. The van der Waals surface area contributed by atoms with E-state index in [1.54, 1.807) is 0 Å². The minimum atomic E-state index is -4.41. The van der Waals surface area contributed by atoms with Gasteiger partial charge in [0.1, 0.15) is 0 Å². The van der Waals surface area contributed by atoms with Crippen LogP contribution < -0.4 is 5.32 Å². The molecule has 1 aromatic carbocycles. The Kier molecular flexibility index (Phi) is 6.01. The fraction of sp³-hybridized carbons (Fsp3) is 0.562. The number of halogens is 3. The zero-order valence-electron chi connectivity index (χ0n) is 13.0. The molecule has 4 nitrogen and oxygen atoms in total. The first kappa shape index (κ1) is 17.7. The summed E-state index contributed by atoms with van der Waals surface area (Å²) in [6.45, 7) is 2.95. The third kappa shape index (κ3) is 5.84. The molecule has 0 unspecified atom stereocenters. The summed E-state index contributed by atoms with van der Waals surface area (Å²) in [6.07, 6.45) is -3.15. The molecule has 1 N–H and O–H groups in total. The van der Waals surface area contributed by atoms with Crippen LogP contribution in [0.4, 0.5) is 18.9 Å². The number of nitrogens with zero attached hydrogens (tertiary/aromatic N) is 1. The first-order valence-corrected chi connectivity index (χ1v) is 7.58. The van der Waals surface area contributed by atoms with E-state index in [2.05, 4.69) is 5.32 Å². The minimum absolute atomic E-state index is 0.164. The summed E-state index contributed by atoms with van der Waals surface area (Å²) in [7, 11) is 1.93. The maximum absolute atomic E-state index is 12.6. The molecule has 0 spiro atoms. The van der Waals surface area contributed by atoms with Gasteiger partial charge in [0.15, 0.2) is 0 Å². The van der Waals surface area contributed by atoms with Crippen LogP contribution in [0.1, 0.15) is 18.4 Å². The van der Waals surface area contributed by atoms with E-state index in [1.807, 2.05) is 11.9 Å². The summed E-state index contributed by atoms with van der Waals surface area (Å²) >= 11 is 0. The molecule has 0 aromatic heterocycles. The van der Waals surface area contributed by atoms with Crippen molar-refractivity contribution in [3.63, 3.8) is 0 Å². The van der Waals surface area contributed by atoms with Crippen LogP contribution in [0.5, 0.6) is 0 Å². The lowest BCUT2D eigenvalue weighted by atomic mass is 10.1. The molecule has 2 rings (SSSR count). The van der Waals surface area contributed by atoms with Crippen molar-refractivity contribution in [1.82, 2.24) is 4.90 Å². The van der Waals surface area contributed by atoms with Gasteiger partial charge in [-0.25, -0.2) is 0 Å². The minimum Gasteiger partial charge on any atom is -0.381 e. The monoisotopic (exact) mass is 330 g/mol. The molecule has 1 saturated heterocycles. The second kappa shape index (κ2) is 7.79. The van der Waals surface area contributed by atoms with Gasteiger partial charge < -0.3 is 15.0 Å². The molecule has 0 radical (unpaired) electrons. The summed E-state index contributed by atoms with van der Waals surface area (Å²) in [4.78, 5) is 13.9. The van der Waals surface area contributed by atoms with Gasteiger partial charge >= 0.3 is 6.18 Å².